The Morgan fingerprint density at radius 1 is 1.16 bits per heavy atom. The van der Waals surface area contributed by atoms with Gasteiger partial charge < -0.3 is 4.90 Å². The summed E-state index contributed by atoms with van der Waals surface area (Å²) in [5.74, 6) is -0.697. The number of hydrogen-bond donors (Lipinski definition) is 0. The van der Waals surface area contributed by atoms with Crippen molar-refractivity contribution in [2.45, 2.75) is 31.3 Å². The van der Waals surface area contributed by atoms with Crippen molar-refractivity contribution >= 4 is 57.3 Å². The summed E-state index contributed by atoms with van der Waals surface area (Å²) in [5.41, 5.74) is 0.567. The van der Waals surface area contributed by atoms with Crippen LogP contribution in [0.4, 0.5) is 5.69 Å². The van der Waals surface area contributed by atoms with Gasteiger partial charge in [0.05, 0.1) is 17.0 Å². The van der Waals surface area contributed by atoms with Crippen molar-refractivity contribution in [2.24, 2.45) is 0 Å². The maximum absolute atomic E-state index is 13.0. The van der Waals surface area contributed by atoms with Crippen LogP contribution in [0.25, 0.3) is 0 Å². The fourth-order valence-corrected chi connectivity index (χ4v) is 4.16. The van der Waals surface area contributed by atoms with E-state index in [0.717, 1.165) is 16.4 Å². The predicted octanol–water partition coefficient (Wildman–Crippen LogP) is 3.29. The first kappa shape index (κ1) is 16.7. The van der Waals surface area contributed by atoms with Gasteiger partial charge in [-0.2, -0.15) is 0 Å². The highest BCUT2D eigenvalue weighted by Gasteiger charge is 2.49. The summed E-state index contributed by atoms with van der Waals surface area (Å²) in [6.07, 6.45) is 1.83. The molecule has 1 saturated carbocycles. The molecule has 0 radical (unpaired) electrons. The molecule has 1 aromatic carbocycles. The minimum Gasteiger partial charge on any atom is -0.322 e. The summed E-state index contributed by atoms with van der Waals surface area (Å²) in [4.78, 5) is 41.8. The second-order valence-electron chi connectivity index (χ2n) is 6.18. The minimum atomic E-state index is -0.700. The Kier molecular flexibility index (Phi) is 4.36. The zero-order valence-corrected chi connectivity index (χ0v) is 16.2. The first-order valence-electron chi connectivity index (χ1n) is 8.05. The van der Waals surface area contributed by atoms with E-state index in [2.05, 4.69) is 22.6 Å². The standard InChI is InChI=1S/C18H15IN2O3S/c19-11-3-5-13(6-4-11)21-16(22)10-14(17(21)23)20(12-7-8-12)18(24)15-2-1-9-25-15/h1-6,9,12,14H,7-8,10H2. The van der Waals surface area contributed by atoms with E-state index in [4.69, 9.17) is 0 Å². The summed E-state index contributed by atoms with van der Waals surface area (Å²) in [5, 5.41) is 1.85. The van der Waals surface area contributed by atoms with Crippen molar-refractivity contribution in [3.8, 4) is 0 Å². The number of nitrogens with zero attached hydrogens (tertiary/aromatic N) is 2. The van der Waals surface area contributed by atoms with Gasteiger partial charge in [-0.3, -0.25) is 14.4 Å². The highest BCUT2D eigenvalue weighted by molar-refractivity contribution is 14.1. The summed E-state index contributed by atoms with van der Waals surface area (Å²) < 4.78 is 1.03. The molecule has 1 atom stereocenters. The van der Waals surface area contributed by atoms with E-state index in [9.17, 15) is 14.4 Å². The number of halogens is 1. The fraction of sp³-hybridized carbons (Fsp3) is 0.278. The number of benzene rings is 1. The van der Waals surface area contributed by atoms with E-state index < -0.39 is 6.04 Å². The third-order valence-corrected chi connectivity index (χ3v) is 6.03. The molecule has 128 valence electrons. The second kappa shape index (κ2) is 6.53. The highest BCUT2D eigenvalue weighted by atomic mass is 127. The number of amides is 3. The van der Waals surface area contributed by atoms with Gasteiger partial charge >= 0.3 is 0 Å². The van der Waals surface area contributed by atoms with E-state index in [0.29, 0.717) is 10.6 Å². The van der Waals surface area contributed by atoms with Crippen LogP contribution < -0.4 is 4.90 Å². The van der Waals surface area contributed by atoms with Crippen LogP contribution in [-0.2, 0) is 9.59 Å². The Labute approximate surface area is 162 Å². The van der Waals surface area contributed by atoms with Crippen molar-refractivity contribution in [2.75, 3.05) is 4.90 Å². The lowest BCUT2D eigenvalue weighted by atomic mass is 10.2. The molecular weight excluding hydrogens is 451 g/mol. The van der Waals surface area contributed by atoms with Crippen molar-refractivity contribution in [3.05, 3.63) is 50.2 Å². The lowest BCUT2D eigenvalue weighted by Gasteiger charge is -2.27. The van der Waals surface area contributed by atoms with Crippen LogP contribution in [0.3, 0.4) is 0 Å². The predicted molar refractivity (Wildman–Crippen MR) is 104 cm³/mol. The van der Waals surface area contributed by atoms with Gasteiger partial charge in [0.2, 0.25) is 5.91 Å². The molecule has 1 aromatic heterocycles. The van der Waals surface area contributed by atoms with Crippen molar-refractivity contribution in [3.63, 3.8) is 0 Å². The second-order valence-corrected chi connectivity index (χ2v) is 8.38. The summed E-state index contributed by atoms with van der Waals surface area (Å²) >= 11 is 3.54. The van der Waals surface area contributed by atoms with E-state index in [1.807, 2.05) is 23.6 Å². The van der Waals surface area contributed by atoms with Gasteiger partial charge in [0.1, 0.15) is 6.04 Å². The van der Waals surface area contributed by atoms with Crippen molar-refractivity contribution < 1.29 is 14.4 Å². The Balaban J connectivity index is 1.63. The average molecular weight is 466 g/mol. The molecule has 1 aliphatic carbocycles. The summed E-state index contributed by atoms with van der Waals surface area (Å²) in [6.45, 7) is 0. The molecule has 1 saturated heterocycles. The van der Waals surface area contributed by atoms with Gasteiger partial charge in [0.25, 0.3) is 11.8 Å². The smallest absolute Gasteiger partial charge is 0.264 e. The van der Waals surface area contributed by atoms with Gasteiger partial charge in [-0.25, -0.2) is 4.90 Å². The summed E-state index contributed by atoms with van der Waals surface area (Å²) in [7, 11) is 0. The lowest BCUT2D eigenvalue weighted by molar-refractivity contribution is -0.122. The Morgan fingerprint density at radius 3 is 2.48 bits per heavy atom. The van der Waals surface area contributed by atoms with Gasteiger partial charge in [-0.05, 0) is 71.1 Å². The normalized spacial score (nSPS) is 20.2. The molecule has 0 spiro atoms. The van der Waals surface area contributed by atoms with E-state index in [1.54, 1.807) is 23.1 Å². The molecule has 5 nitrogen and oxygen atoms in total. The molecule has 0 bridgehead atoms. The monoisotopic (exact) mass is 466 g/mol. The van der Waals surface area contributed by atoms with E-state index in [1.165, 1.54) is 16.2 Å². The third-order valence-electron chi connectivity index (χ3n) is 4.45. The molecule has 1 aliphatic heterocycles. The van der Waals surface area contributed by atoms with Crippen LogP contribution in [0.5, 0.6) is 0 Å². The number of thiophene rings is 1. The molecule has 3 amide bonds. The number of hydrogen-bond acceptors (Lipinski definition) is 4. The minimum absolute atomic E-state index is 0.0540. The van der Waals surface area contributed by atoms with Crippen molar-refractivity contribution in [1.29, 1.82) is 0 Å². The molecule has 2 aromatic rings. The number of anilines is 1. The molecule has 2 fully saturated rings. The number of imide groups is 1. The summed E-state index contributed by atoms with van der Waals surface area (Å²) in [6, 6.07) is 10.2. The maximum Gasteiger partial charge on any atom is 0.264 e. The molecule has 1 unspecified atom stereocenters. The van der Waals surface area contributed by atoms with Gasteiger partial charge in [0.15, 0.2) is 0 Å². The zero-order valence-electron chi connectivity index (χ0n) is 13.2. The first-order chi connectivity index (χ1) is 12.1. The molecule has 2 aliphatic rings. The van der Waals surface area contributed by atoms with Crippen LogP contribution in [0.1, 0.15) is 28.9 Å². The Morgan fingerprint density at radius 2 is 1.88 bits per heavy atom. The van der Waals surface area contributed by atoms with Crippen LogP contribution in [0.2, 0.25) is 0 Å². The van der Waals surface area contributed by atoms with Crippen LogP contribution in [-0.4, -0.2) is 34.7 Å². The third kappa shape index (κ3) is 3.10. The van der Waals surface area contributed by atoms with Gasteiger partial charge in [-0.1, -0.05) is 6.07 Å². The molecule has 7 heteroatoms. The average Bonchev–Trinajstić information content (AvgIpc) is 3.18. The molecular formula is C18H15IN2O3S. The fourth-order valence-electron chi connectivity index (χ4n) is 3.14. The van der Waals surface area contributed by atoms with Gasteiger partial charge in [0, 0.05) is 9.61 Å². The maximum atomic E-state index is 13.0. The van der Waals surface area contributed by atoms with Gasteiger partial charge in [-0.15, -0.1) is 11.3 Å². The quantitative estimate of drug-likeness (QED) is 0.514. The molecule has 25 heavy (non-hydrogen) atoms. The molecule has 4 rings (SSSR count). The Bertz CT molecular complexity index is 831. The zero-order chi connectivity index (χ0) is 17.6. The topological polar surface area (TPSA) is 57.7 Å². The first-order valence-corrected chi connectivity index (χ1v) is 10.0. The molecule has 2 heterocycles. The van der Waals surface area contributed by atoms with Crippen LogP contribution >= 0.6 is 33.9 Å². The highest BCUT2D eigenvalue weighted by Crippen LogP contribution is 2.35. The van der Waals surface area contributed by atoms with Crippen LogP contribution in [0.15, 0.2) is 41.8 Å². The lowest BCUT2D eigenvalue weighted by Crippen LogP contribution is -2.46. The van der Waals surface area contributed by atoms with Crippen LogP contribution in [0, 0.1) is 3.57 Å². The number of carbonyl (C=O) groups is 3. The SMILES string of the molecule is O=C1CC(N(C(=O)c2cccs2)C2CC2)C(=O)N1c1ccc(I)cc1. The van der Waals surface area contributed by atoms with Crippen molar-refractivity contribution in [1.82, 2.24) is 4.90 Å². The molecule has 0 N–H and O–H groups in total. The van der Waals surface area contributed by atoms with E-state index >= 15 is 0 Å². The largest absolute Gasteiger partial charge is 0.322 e. The van der Waals surface area contributed by atoms with E-state index in [-0.39, 0.29) is 30.2 Å². The number of carbonyl (C=O) groups excluding carboxylic acids is 3. The number of rotatable bonds is 4. The Hall–Kier alpha value is -1.74.